The molecule has 2 heterocycles. The van der Waals surface area contributed by atoms with Crippen molar-refractivity contribution in [1.82, 2.24) is 35.0 Å². The molecule has 0 spiro atoms. The molecular weight excluding hydrogens is 400 g/mol. The second kappa shape index (κ2) is 8.87. The van der Waals surface area contributed by atoms with Crippen molar-refractivity contribution in [2.75, 3.05) is 11.1 Å². The summed E-state index contributed by atoms with van der Waals surface area (Å²) in [4.78, 5) is 12.5. The first-order valence-corrected chi connectivity index (χ1v) is 10.4. The lowest BCUT2D eigenvalue weighted by molar-refractivity contribution is -0.113. The van der Waals surface area contributed by atoms with Gasteiger partial charge < -0.3 is 5.32 Å². The van der Waals surface area contributed by atoms with E-state index in [2.05, 4.69) is 44.0 Å². The van der Waals surface area contributed by atoms with Crippen LogP contribution in [0.1, 0.15) is 12.5 Å². The summed E-state index contributed by atoms with van der Waals surface area (Å²) >= 11 is 1.34. The average Bonchev–Trinajstić information content (AvgIpc) is 3.41. The number of nitrogens with one attached hydrogen (secondary N) is 1. The maximum Gasteiger partial charge on any atom is 0.234 e. The van der Waals surface area contributed by atoms with Crippen LogP contribution in [0.15, 0.2) is 60.0 Å². The van der Waals surface area contributed by atoms with Gasteiger partial charge in [0.25, 0.3) is 0 Å². The Balaban J connectivity index is 1.43. The summed E-state index contributed by atoms with van der Waals surface area (Å²) < 4.78 is 3.50. The van der Waals surface area contributed by atoms with E-state index < -0.39 is 0 Å². The normalized spacial score (nSPS) is 10.9. The molecule has 0 unspecified atom stereocenters. The zero-order chi connectivity index (χ0) is 20.9. The van der Waals surface area contributed by atoms with Crippen molar-refractivity contribution in [2.24, 2.45) is 7.05 Å². The number of aromatic nitrogens is 7. The Labute approximate surface area is 177 Å². The van der Waals surface area contributed by atoms with Crippen molar-refractivity contribution in [3.05, 3.63) is 60.4 Å². The highest BCUT2D eigenvalue weighted by atomic mass is 32.2. The van der Waals surface area contributed by atoms with E-state index in [1.807, 2.05) is 47.0 Å². The molecule has 152 valence electrons. The molecule has 0 radical (unpaired) electrons. The Hall–Kier alpha value is -3.53. The molecule has 0 aliphatic carbocycles. The smallest absolute Gasteiger partial charge is 0.234 e. The molecule has 0 saturated carbocycles. The van der Waals surface area contributed by atoms with Gasteiger partial charge in [-0.2, -0.15) is 0 Å². The van der Waals surface area contributed by atoms with Crippen LogP contribution in [0.25, 0.3) is 17.1 Å². The van der Waals surface area contributed by atoms with Crippen LogP contribution in [-0.4, -0.2) is 46.6 Å². The topological polar surface area (TPSA) is 103 Å². The molecule has 0 aliphatic rings. The van der Waals surface area contributed by atoms with E-state index in [0.29, 0.717) is 16.7 Å². The number of benzene rings is 2. The number of hydrogen-bond acceptors (Lipinski definition) is 7. The summed E-state index contributed by atoms with van der Waals surface area (Å²) in [5.41, 5.74) is 3.72. The highest BCUT2D eigenvalue weighted by Gasteiger charge is 2.13. The molecule has 1 N–H and O–H groups in total. The predicted molar refractivity (Wildman–Crippen MR) is 114 cm³/mol. The third kappa shape index (κ3) is 4.23. The number of anilines is 1. The number of carbonyl (C=O) groups excluding carboxylic acids is 1. The Morgan fingerprint density at radius 1 is 1.13 bits per heavy atom. The number of nitrogens with zero attached hydrogens (tertiary/aromatic N) is 7. The Kier molecular flexibility index (Phi) is 5.84. The summed E-state index contributed by atoms with van der Waals surface area (Å²) in [6.45, 7) is 2.11. The fourth-order valence-electron chi connectivity index (χ4n) is 3.07. The zero-order valence-corrected chi connectivity index (χ0v) is 17.4. The van der Waals surface area contributed by atoms with Gasteiger partial charge in [-0.3, -0.25) is 9.36 Å². The van der Waals surface area contributed by atoms with Crippen molar-refractivity contribution < 1.29 is 4.79 Å². The van der Waals surface area contributed by atoms with E-state index in [1.165, 1.54) is 17.3 Å². The first-order valence-electron chi connectivity index (χ1n) is 9.39. The zero-order valence-electron chi connectivity index (χ0n) is 16.6. The molecule has 30 heavy (non-hydrogen) atoms. The van der Waals surface area contributed by atoms with Gasteiger partial charge in [0, 0.05) is 18.3 Å². The van der Waals surface area contributed by atoms with E-state index >= 15 is 0 Å². The van der Waals surface area contributed by atoms with E-state index in [-0.39, 0.29) is 11.7 Å². The van der Waals surface area contributed by atoms with Gasteiger partial charge >= 0.3 is 0 Å². The number of tetrazole rings is 1. The monoisotopic (exact) mass is 420 g/mol. The van der Waals surface area contributed by atoms with E-state index in [4.69, 9.17) is 0 Å². The minimum Gasteiger partial charge on any atom is -0.325 e. The van der Waals surface area contributed by atoms with E-state index in [1.54, 1.807) is 18.1 Å². The number of aryl methyl sites for hydroxylation is 2. The van der Waals surface area contributed by atoms with E-state index in [9.17, 15) is 4.79 Å². The quantitative estimate of drug-likeness (QED) is 0.459. The minimum absolute atomic E-state index is 0.133. The number of para-hydroxylation sites is 1. The van der Waals surface area contributed by atoms with Crippen molar-refractivity contribution in [3.8, 4) is 17.1 Å². The van der Waals surface area contributed by atoms with Gasteiger partial charge in [-0.1, -0.05) is 49.0 Å². The van der Waals surface area contributed by atoms with Gasteiger partial charge in [0.1, 0.15) is 6.33 Å². The average molecular weight is 421 g/mol. The number of amides is 1. The maximum absolute atomic E-state index is 12.5. The Bertz CT molecular complexity index is 1170. The molecule has 0 bridgehead atoms. The van der Waals surface area contributed by atoms with Gasteiger partial charge in [-0.05, 0) is 40.6 Å². The lowest BCUT2D eigenvalue weighted by atomic mass is 10.1. The third-order valence-corrected chi connectivity index (χ3v) is 5.45. The highest BCUT2D eigenvalue weighted by Crippen LogP contribution is 2.23. The van der Waals surface area contributed by atoms with Crippen molar-refractivity contribution in [3.63, 3.8) is 0 Å². The first-order chi connectivity index (χ1) is 14.7. The van der Waals surface area contributed by atoms with Gasteiger partial charge in [0.15, 0.2) is 11.0 Å². The summed E-state index contributed by atoms with van der Waals surface area (Å²) in [6, 6.07) is 15.5. The van der Waals surface area contributed by atoms with Gasteiger partial charge in [-0.25, -0.2) is 4.68 Å². The summed E-state index contributed by atoms with van der Waals surface area (Å²) in [5, 5.41) is 23.3. The van der Waals surface area contributed by atoms with Crippen LogP contribution < -0.4 is 5.32 Å². The summed E-state index contributed by atoms with van der Waals surface area (Å²) in [6.07, 6.45) is 2.57. The molecule has 0 atom stereocenters. The molecule has 9 nitrogen and oxygen atoms in total. The van der Waals surface area contributed by atoms with Crippen LogP contribution in [0.5, 0.6) is 0 Å². The Morgan fingerprint density at radius 3 is 2.80 bits per heavy atom. The summed E-state index contributed by atoms with van der Waals surface area (Å²) in [5.74, 6) is 0.706. The lowest BCUT2D eigenvalue weighted by Crippen LogP contribution is -2.14. The second-order valence-electron chi connectivity index (χ2n) is 6.51. The third-order valence-electron chi connectivity index (χ3n) is 4.51. The van der Waals surface area contributed by atoms with Crippen LogP contribution in [-0.2, 0) is 18.3 Å². The second-order valence-corrected chi connectivity index (χ2v) is 7.45. The lowest BCUT2D eigenvalue weighted by Gasteiger charge is -2.11. The predicted octanol–water partition coefficient (Wildman–Crippen LogP) is 2.75. The molecule has 0 saturated heterocycles. The van der Waals surface area contributed by atoms with Crippen LogP contribution in [0.3, 0.4) is 0 Å². The van der Waals surface area contributed by atoms with Crippen LogP contribution in [0.4, 0.5) is 5.69 Å². The molecule has 2 aromatic carbocycles. The number of rotatable bonds is 7. The molecule has 0 fully saturated rings. The minimum atomic E-state index is -0.133. The van der Waals surface area contributed by atoms with Crippen LogP contribution in [0.2, 0.25) is 0 Å². The molecule has 0 aliphatic heterocycles. The molecule has 10 heteroatoms. The molecule has 1 amide bonds. The van der Waals surface area contributed by atoms with Crippen molar-refractivity contribution in [1.29, 1.82) is 0 Å². The number of hydrogen-bond donors (Lipinski definition) is 1. The Morgan fingerprint density at radius 2 is 2.00 bits per heavy atom. The van der Waals surface area contributed by atoms with Gasteiger partial charge in [0.05, 0.1) is 11.4 Å². The highest BCUT2D eigenvalue weighted by molar-refractivity contribution is 7.99. The maximum atomic E-state index is 12.5. The molecule has 4 aromatic rings. The van der Waals surface area contributed by atoms with Gasteiger partial charge in [0.2, 0.25) is 5.91 Å². The first kappa shape index (κ1) is 19.8. The van der Waals surface area contributed by atoms with Crippen LogP contribution in [0, 0.1) is 0 Å². The van der Waals surface area contributed by atoms with E-state index in [0.717, 1.165) is 17.7 Å². The largest absolute Gasteiger partial charge is 0.325 e. The fraction of sp³-hybridized carbons (Fsp3) is 0.200. The molecule has 2 aromatic heterocycles. The number of carbonyl (C=O) groups is 1. The standard InChI is InChI=1S/C20H20N8OS/c1-3-14-7-4-5-10-17(14)28-13-21-24-20(28)30-12-18(29)22-16-9-6-8-15(11-16)19-23-25-26-27(19)2/h4-11,13H,3,12H2,1-2H3,(H,22,29). The fourth-order valence-corrected chi connectivity index (χ4v) is 3.79. The SMILES string of the molecule is CCc1ccccc1-n1cnnc1SCC(=O)Nc1cccc(-c2nnnn2C)c1. The van der Waals surface area contributed by atoms with Crippen LogP contribution >= 0.6 is 11.8 Å². The molecule has 4 rings (SSSR count). The summed E-state index contributed by atoms with van der Waals surface area (Å²) in [7, 11) is 1.77. The van der Waals surface area contributed by atoms with Crippen molar-refractivity contribution in [2.45, 2.75) is 18.5 Å². The van der Waals surface area contributed by atoms with Crippen molar-refractivity contribution >= 4 is 23.4 Å². The number of thioether (sulfide) groups is 1. The van der Waals surface area contributed by atoms with Gasteiger partial charge in [-0.15, -0.1) is 15.3 Å². The molecular formula is C20H20N8OS.